The van der Waals surface area contributed by atoms with Crippen molar-refractivity contribution in [3.8, 4) is 5.69 Å². The number of hydrogen-bond donors (Lipinski definition) is 0. The maximum absolute atomic E-state index is 6.11. The van der Waals surface area contributed by atoms with Crippen molar-refractivity contribution in [3.63, 3.8) is 0 Å². The number of hydrogen-bond acceptors (Lipinski definition) is 3. The molecule has 0 fully saturated rings. The third-order valence-electron chi connectivity index (χ3n) is 2.62. The molecule has 0 bridgehead atoms. The van der Waals surface area contributed by atoms with Gasteiger partial charge in [0.25, 0.3) is 0 Å². The summed E-state index contributed by atoms with van der Waals surface area (Å²) in [5.74, 6) is 1.12. The molecule has 0 aliphatic heterocycles. The van der Waals surface area contributed by atoms with Crippen LogP contribution in [0.1, 0.15) is 38.2 Å². The molecule has 0 saturated heterocycles. The maximum atomic E-state index is 6.11. The fraction of sp³-hybridized carbons (Fsp3) is 0.545. The molecule has 0 aromatic carbocycles. The predicted molar refractivity (Wildman–Crippen MR) is 66.6 cm³/mol. The molecular weight excluding hydrogens is 238 g/mol. The second-order valence-electron chi connectivity index (χ2n) is 4.31. The Bertz CT molecular complexity index is 526. The van der Waals surface area contributed by atoms with Crippen LogP contribution in [-0.4, -0.2) is 24.5 Å². The highest BCUT2D eigenvalue weighted by molar-refractivity contribution is 6.28. The molecule has 0 spiro atoms. The van der Waals surface area contributed by atoms with Gasteiger partial charge in [-0.3, -0.25) is 9.25 Å². The van der Waals surface area contributed by atoms with E-state index in [1.165, 1.54) is 0 Å². The summed E-state index contributed by atoms with van der Waals surface area (Å²) in [5, 5.41) is 12.9. The number of aromatic nitrogens is 5. The number of aryl methyl sites for hydroxylation is 2. The van der Waals surface area contributed by atoms with Gasteiger partial charge in [0.1, 0.15) is 5.82 Å². The molecule has 92 valence electrons. The summed E-state index contributed by atoms with van der Waals surface area (Å²) < 4.78 is 3.66. The van der Waals surface area contributed by atoms with Crippen LogP contribution in [0.4, 0.5) is 0 Å². The Morgan fingerprint density at radius 3 is 2.65 bits per heavy atom. The van der Waals surface area contributed by atoms with Crippen LogP contribution < -0.4 is 0 Å². The Kier molecular flexibility index (Phi) is 3.19. The van der Waals surface area contributed by atoms with E-state index in [9.17, 15) is 0 Å². The van der Waals surface area contributed by atoms with Crippen molar-refractivity contribution in [1.82, 2.24) is 24.5 Å². The fourth-order valence-corrected chi connectivity index (χ4v) is 2.05. The molecule has 2 heterocycles. The second-order valence-corrected chi connectivity index (χ2v) is 4.64. The molecule has 0 amide bonds. The van der Waals surface area contributed by atoms with E-state index in [1.54, 1.807) is 4.68 Å². The Morgan fingerprint density at radius 2 is 2.06 bits per heavy atom. The minimum absolute atomic E-state index is 0.264. The van der Waals surface area contributed by atoms with Gasteiger partial charge in [0.2, 0.25) is 5.28 Å². The van der Waals surface area contributed by atoms with Crippen LogP contribution in [0, 0.1) is 0 Å². The van der Waals surface area contributed by atoms with Gasteiger partial charge in [-0.2, -0.15) is 5.10 Å². The molecule has 2 aromatic heterocycles. The third kappa shape index (κ3) is 2.07. The van der Waals surface area contributed by atoms with E-state index in [0.29, 0.717) is 5.28 Å². The van der Waals surface area contributed by atoms with E-state index in [1.807, 2.05) is 17.8 Å². The van der Waals surface area contributed by atoms with E-state index in [-0.39, 0.29) is 5.92 Å². The first kappa shape index (κ1) is 12.1. The first-order valence-electron chi connectivity index (χ1n) is 5.68. The highest BCUT2D eigenvalue weighted by Crippen LogP contribution is 2.24. The molecule has 17 heavy (non-hydrogen) atoms. The molecule has 6 heteroatoms. The summed E-state index contributed by atoms with van der Waals surface area (Å²) >= 11 is 6.11. The zero-order valence-electron chi connectivity index (χ0n) is 10.5. The van der Waals surface area contributed by atoms with Crippen molar-refractivity contribution in [1.29, 1.82) is 0 Å². The van der Waals surface area contributed by atoms with Gasteiger partial charge in [-0.25, -0.2) is 0 Å². The summed E-state index contributed by atoms with van der Waals surface area (Å²) in [6.07, 6.45) is 2.79. The van der Waals surface area contributed by atoms with Crippen LogP contribution in [0.5, 0.6) is 0 Å². The van der Waals surface area contributed by atoms with E-state index < -0.39 is 0 Å². The maximum Gasteiger partial charge on any atom is 0.229 e. The Hall–Kier alpha value is -1.36. The summed E-state index contributed by atoms with van der Waals surface area (Å²) in [7, 11) is 1.90. The van der Waals surface area contributed by atoms with Gasteiger partial charge >= 0.3 is 0 Å². The van der Waals surface area contributed by atoms with Crippen molar-refractivity contribution in [2.24, 2.45) is 7.05 Å². The van der Waals surface area contributed by atoms with Crippen LogP contribution in [0.2, 0.25) is 5.28 Å². The molecule has 5 nitrogen and oxygen atoms in total. The Balaban J connectivity index is 2.62. The number of rotatable bonds is 3. The first-order valence-corrected chi connectivity index (χ1v) is 6.06. The van der Waals surface area contributed by atoms with Gasteiger partial charge in [-0.05, 0) is 18.0 Å². The van der Waals surface area contributed by atoms with E-state index in [4.69, 9.17) is 11.6 Å². The lowest BCUT2D eigenvalue weighted by atomic mass is 10.2. The minimum atomic E-state index is 0.264. The summed E-state index contributed by atoms with van der Waals surface area (Å²) in [6, 6.07) is 0. The van der Waals surface area contributed by atoms with Gasteiger partial charge < -0.3 is 0 Å². The Morgan fingerprint density at radius 1 is 1.35 bits per heavy atom. The van der Waals surface area contributed by atoms with Crippen molar-refractivity contribution in [2.75, 3.05) is 0 Å². The molecule has 0 aliphatic carbocycles. The van der Waals surface area contributed by atoms with Crippen molar-refractivity contribution >= 4 is 11.6 Å². The summed E-state index contributed by atoms with van der Waals surface area (Å²) in [5.41, 5.74) is 1.96. The standard InChI is InChI=1S/C11H16ClN5/c1-5-8-9(6-16(4)15-8)17-10(7(2)3)13-14-11(17)12/h6-7H,5H2,1-4H3. The molecule has 0 aliphatic rings. The highest BCUT2D eigenvalue weighted by atomic mass is 35.5. The van der Waals surface area contributed by atoms with Crippen molar-refractivity contribution < 1.29 is 0 Å². The van der Waals surface area contributed by atoms with Crippen molar-refractivity contribution in [2.45, 2.75) is 33.1 Å². The molecule has 0 saturated carbocycles. The quantitative estimate of drug-likeness (QED) is 0.844. The molecule has 0 unspecified atom stereocenters. The lowest BCUT2D eigenvalue weighted by molar-refractivity contribution is 0.743. The zero-order chi connectivity index (χ0) is 12.6. The second kappa shape index (κ2) is 4.49. The average Bonchev–Trinajstić information content (AvgIpc) is 2.81. The first-order chi connectivity index (χ1) is 8.04. The van der Waals surface area contributed by atoms with E-state index in [2.05, 4.69) is 36.1 Å². The average molecular weight is 254 g/mol. The molecule has 2 rings (SSSR count). The topological polar surface area (TPSA) is 48.5 Å². The molecule has 0 N–H and O–H groups in total. The number of halogens is 1. The van der Waals surface area contributed by atoms with Crippen LogP contribution in [0.3, 0.4) is 0 Å². The lowest BCUT2D eigenvalue weighted by Gasteiger charge is -2.08. The largest absolute Gasteiger partial charge is 0.273 e. The van der Waals surface area contributed by atoms with Crippen LogP contribution in [0.15, 0.2) is 6.20 Å². The van der Waals surface area contributed by atoms with Gasteiger partial charge in [0.15, 0.2) is 0 Å². The molecule has 0 radical (unpaired) electrons. The highest BCUT2D eigenvalue weighted by Gasteiger charge is 2.18. The smallest absolute Gasteiger partial charge is 0.229 e. The third-order valence-corrected chi connectivity index (χ3v) is 2.87. The van der Waals surface area contributed by atoms with Crippen LogP contribution in [-0.2, 0) is 13.5 Å². The van der Waals surface area contributed by atoms with Crippen LogP contribution in [0.25, 0.3) is 5.69 Å². The van der Waals surface area contributed by atoms with Crippen molar-refractivity contribution in [3.05, 3.63) is 23.0 Å². The van der Waals surface area contributed by atoms with Gasteiger partial charge in [0, 0.05) is 19.2 Å². The van der Waals surface area contributed by atoms with E-state index in [0.717, 1.165) is 23.6 Å². The minimum Gasteiger partial charge on any atom is -0.273 e. The molecular formula is C11H16ClN5. The number of nitrogens with zero attached hydrogens (tertiary/aromatic N) is 5. The fourth-order valence-electron chi connectivity index (χ4n) is 1.83. The normalized spacial score (nSPS) is 11.4. The van der Waals surface area contributed by atoms with Gasteiger partial charge in [-0.1, -0.05) is 20.8 Å². The lowest BCUT2D eigenvalue weighted by Crippen LogP contribution is -2.04. The Labute approximate surface area is 105 Å². The predicted octanol–water partition coefficient (Wildman–Crippen LogP) is 2.34. The monoisotopic (exact) mass is 253 g/mol. The SMILES string of the molecule is CCc1nn(C)cc1-n1c(Cl)nnc1C(C)C. The van der Waals surface area contributed by atoms with Gasteiger partial charge in [-0.15, -0.1) is 10.2 Å². The van der Waals surface area contributed by atoms with Gasteiger partial charge in [0.05, 0.1) is 11.4 Å². The molecule has 0 atom stereocenters. The zero-order valence-corrected chi connectivity index (χ0v) is 11.2. The van der Waals surface area contributed by atoms with Crippen LogP contribution >= 0.6 is 11.6 Å². The summed E-state index contributed by atoms with van der Waals surface area (Å²) in [4.78, 5) is 0. The molecule has 2 aromatic rings. The summed E-state index contributed by atoms with van der Waals surface area (Å²) in [6.45, 7) is 6.21. The van der Waals surface area contributed by atoms with E-state index >= 15 is 0 Å².